The predicted octanol–water partition coefficient (Wildman–Crippen LogP) is 5.11. The molecule has 3 rings (SSSR count). The van der Waals surface area contributed by atoms with Gasteiger partial charge in [-0.05, 0) is 47.9 Å². The molecule has 1 aromatic heterocycles. The van der Waals surface area contributed by atoms with Gasteiger partial charge in [-0.1, -0.05) is 23.7 Å². The van der Waals surface area contributed by atoms with E-state index in [2.05, 4.69) is 15.9 Å². The number of nitrogens with one attached hydrogen (secondary N) is 1. The van der Waals surface area contributed by atoms with Gasteiger partial charge in [0.15, 0.2) is 0 Å². The summed E-state index contributed by atoms with van der Waals surface area (Å²) in [5.74, 6) is -0.235. The van der Waals surface area contributed by atoms with Gasteiger partial charge in [-0.2, -0.15) is 0 Å². The van der Waals surface area contributed by atoms with Crippen LogP contribution < -0.4 is 4.74 Å². The third kappa shape index (κ3) is 3.36. The minimum Gasteiger partial charge on any atom is -0.406 e. The molecular weight excluding hydrogens is 315 g/mol. The molecule has 22 heavy (non-hydrogen) atoms. The average Bonchev–Trinajstić information content (AvgIpc) is 2.87. The van der Waals surface area contributed by atoms with E-state index in [1.807, 2.05) is 12.1 Å². The molecule has 1 heterocycles. The van der Waals surface area contributed by atoms with Crippen LogP contribution in [0.4, 0.5) is 13.2 Å². The van der Waals surface area contributed by atoms with E-state index in [1.54, 1.807) is 18.2 Å². The highest BCUT2D eigenvalue weighted by atomic mass is 35.5. The van der Waals surface area contributed by atoms with Gasteiger partial charge in [0.05, 0.1) is 6.20 Å². The van der Waals surface area contributed by atoms with E-state index >= 15 is 0 Å². The summed E-state index contributed by atoms with van der Waals surface area (Å²) in [5, 5.41) is 1.55. The molecule has 0 amide bonds. The fourth-order valence-corrected chi connectivity index (χ4v) is 2.56. The lowest BCUT2D eigenvalue weighted by atomic mass is 10.0. The van der Waals surface area contributed by atoms with Crippen LogP contribution in [-0.4, -0.2) is 11.3 Å². The second-order valence-electron chi connectivity index (χ2n) is 4.81. The van der Waals surface area contributed by atoms with Crippen molar-refractivity contribution in [1.29, 1.82) is 0 Å². The molecule has 0 aliphatic carbocycles. The minimum absolute atomic E-state index is 0.235. The Morgan fingerprint density at radius 3 is 2.55 bits per heavy atom. The Kier molecular flexibility index (Phi) is 3.74. The standard InChI is InChI=1S/C16H10ClF3NO/c17-13-8-11-5-6-21-15(11)12(9-13)7-10-1-3-14(4-2-10)22-16(18,19)20/h1-5,8-9,21H,7H2. The number of hydrogen-bond acceptors (Lipinski definition) is 1. The van der Waals surface area contributed by atoms with Crippen LogP contribution in [0.5, 0.6) is 5.75 Å². The Labute approximate surface area is 129 Å². The van der Waals surface area contributed by atoms with E-state index in [0.717, 1.165) is 22.0 Å². The van der Waals surface area contributed by atoms with Gasteiger partial charge in [-0.3, -0.25) is 0 Å². The smallest absolute Gasteiger partial charge is 0.406 e. The number of H-pyrrole nitrogens is 1. The highest BCUT2D eigenvalue weighted by Crippen LogP contribution is 2.27. The highest BCUT2D eigenvalue weighted by molar-refractivity contribution is 6.31. The van der Waals surface area contributed by atoms with Crippen LogP contribution in [0.3, 0.4) is 0 Å². The molecular formula is C16H10ClF3NO. The first-order valence-corrected chi connectivity index (χ1v) is 6.80. The van der Waals surface area contributed by atoms with E-state index < -0.39 is 6.36 Å². The normalized spacial score (nSPS) is 11.8. The van der Waals surface area contributed by atoms with Crippen molar-refractivity contribution in [3.8, 4) is 5.75 Å². The third-order valence-corrected chi connectivity index (χ3v) is 3.41. The van der Waals surface area contributed by atoms with E-state index in [0.29, 0.717) is 11.4 Å². The van der Waals surface area contributed by atoms with Gasteiger partial charge < -0.3 is 9.72 Å². The SMILES string of the molecule is FC(F)(F)Oc1ccc(Cc2cc(Cl)cc3c[c][nH]c23)cc1. The number of alkyl halides is 3. The summed E-state index contributed by atoms with van der Waals surface area (Å²) in [6.07, 6.45) is -1.24. The quantitative estimate of drug-likeness (QED) is 0.711. The molecule has 0 aliphatic heterocycles. The number of hydrogen-bond donors (Lipinski definition) is 1. The molecule has 0 spiro atoms. The highest BCUT2D eigenvalue weighted by Gasteiger charge is 2.30. The first-order valence-electron chi connectivity index (χ1n) is 6.42. The fourth-order valence-electron chi connectivity index (χ4n) is 2.31. The Morgan fingerprint density at radius 2 is 1.86 bits per heavy atom. The number of ether oxygens (including phenoxy) is 1. The molecule has 0 atom stereocenters. The van der Waals surface area contributed by atoms with Gasteiger partial charge in [-0.25, -0.2) is 0 Å². The molecule has 0 saturated heterocycles. The van der Waals surface area contributed by atoms with Gasteiger partial charge in [0.25, 0.3) is 0 Å². The largest absolute Gasteiger partial charge is 0.573 e. The molecule has 2 aromatic carbocycles. The number of halogens is 4. The maximum absolute atomic E-state index is 12.1. The lowest BCUT2D eigenvalue weighted by Crippen LogP contribution is -2.17. The summed E-state index contributed by atoms with van der Waals surface area (Å²) in [5.41, 5.74) is 2.72. The molecule has 3 aromatic rings. The lowest BCUT2D eigenvalue weighted by molar-refractivity contribution is -0.274. The zero-order valence-electron chi connectivity index (χ0n) is 11.2. The Hall–Kier alpha value is -2.14. The van der Waals surface area contributed by atoms with Crippen molar-refractivity contribution in [2.24, 2.45) is 0 Å². The van der Waals surface area contributed by atoms with E-state index in [4.69, 9.17) is 11.6 Å². The van der Waals surface area contributed by atoms with Crippen LogP contribution in [0, 0.1) is 6.20 Å². The average molecular weight is 325 g/mol. The maximum atomic E-state index is 12.1. The summed E-state index contributed by atoms with van der Waals surface area (Å²) in [6, 6.07) is 11.2. The number of rotatable bonds is 3. The van der Waals surface area contributed by atoms with Gasteiger partial charge in [0, 0.05) is 15.9 Å². The summed E-state index contributed by atoms with van der Waals surface area (Å²) in [4.78, 5) is 3.02. The van der Waals surface area contributed by atoms with Crippen LogP contribution >= 0.6 is 11.6 Å². The summed E-state index contributed by atoms with van der Waals surface area (Å²) >= 11 is 6.07. The molecule has 1 N–H and O–H groups in total. The maximum Gasteiger partial charge on any atom is 0.573 e. The lowest BCUT2D eigenvalue weighted by Gasteiger charge is -2.10. The summed E-state index contributed by atoms with van der Waals surface area (Å²) < 4.78 is 40.2. The first kappa shape index (κ1) is 14.8. The zero-order valence-corrected chi connectivity index (χ0v) is 11.9. The third-order valence-electron chi connectivity index (χ3n) is 3.19. The number of benzene rings is 2. The van der Waals surface area contributed by atoms with Gasteiger partial charge in [0.1, 0.15) is 5.75 Å². The van der Waals surface area contributed by atoms with E-state index in [-0.39, 0.29) is 5.75 Å². The Balaban J connectivity index is 1.84. The molecule has 0 saturated carbocycles. The van der Waals surface area contributed by atoms with E-state index in [9.17, 15) is 13.2 Å². The summed E-state index contributed by atoms with van der Waals surface area (Å²) in [7, 11) is 0. The fraction of sp³-hybridized carbons (Fsp3) is 0.125. The molecule has 6 heteroatoms. The van der Waals surface area contributed by atoms with E-state index in [1.165, 1.54) is 12.1 Å². The molecule has 0 bridgehead atoms. The molecule has 2 nitrogen and oxygen atoms in total. The molecule has 1 radical (unpaired) electrons. The molecule has 113 valence electrons. The Morgan fingerprint density at radius 1 is 1.14 bits per heavy atom. The van der Waals surface area contributed by atoms with Crippen molar-refractivity contribution < 1.29 is 17.9 Å². The minimum atomic E-state index is -4.68. The van der Waals surface area contributed by atoms with Crippen molar-refractivity contribution >= 4 is 22.5 Å². The van der Waals surface area contributed by atoms with Crippen LogP contribution in [-0.2, 0) is 6.42 Å². The van der Waals surface area contributed by atoms with Gasteiger partial charge >= 0.3 is 6.36 Å². The molecule has 0 fully saturated rings. The van der Waals surface area contributed by atoms with Crippen molar-refractivity contribution in [1.82, 2.24) is 4.98 Å². The van der Waals surface area contributed by atoms with Crippen molar-refractivity contribution in [2.75, 3.05) is 0 Å². The Bertz CT molecular complexity index is 793. The molecule has 0 unspecified atom stereocenters. The van der Waals surface area contributed by atoms with Crippen molar-refractivity contribution in [2.45, 2.75) is 12.8 Å². The predicted molar refractivity (Wildman–Crippen MR) is 78.1 cm³/mol. The van der Waals surface area contributed by atoms with Crippen molar-refractivity contribution in [3.05, 3.63) is 64.8 Å². The van der Waals surface area contributed by atoms with Crippen LogP contribution in [0.1, 0.15) is 11.1 Å². The van der Waals surface area contributed by atoms with Gasteiger partial charge in [-0.15, -0.1) is 13.2 Å². The zero-order chi connectivity index (χ0) is 15.7. The van der Waals surface area contributed by atoms with Crippen LogP contribution in [0.15, 0.2) is 42.5 Å². The second kappa shape index (κ2) is 5.57. The van der Waals surface area contributed by atoms with Gasteiger partial charge in [0.2, 0.25) is 0 Å². The monoisotopic (exact) mass is 324 g/mol. The number of fused-ring (bicyclic) bond motifs is 1. The molecule has 0 aliphatic rings. The number of aromatic amines is 1. The summed E-state index contributed by atoms with van der Waals surface area (Å²) in [6.45, 7) is 0. The van der Waals surface area contributed by atoms with Crippen molar-refractivity contribution in [3.63, 3.8) is 0 Å². The topological polar surface area (TPSA) is 25.0 Å². The number of aromatic nitrogens is 1. The van der Waals surface area contributed by atoms with Crippen LogP contribution in [0.25, 0.3) is 10.9 Å². The first-order chi connectivity index (χ1) is 10.4. The van der Waals surface area contributed by atoms with Crippen LogP contribution in [0.2, 0.25) is 5.02 Å². The second-order valence-corrected chi connectivity index (χ2v) is 5.25.